The minimum Gasteiger partial charge on any atom is -0.335 e. The molecule has 0 aromatic carbocycles. The zero-order valence-corrected chi connectivity index (χ0v) is 17.9. The summed E-state index contributed by atoms with van der Waals surface area (Å²) in [5, 5.41) is 9.21. The topological polar surface area (TPSA) is 81.0 Å². The van der Waals surface area contributed by atoms with E-state index in [4.69, 9.17) is 0 Å². The van der Waals surface area contributed by atoms with Crippen LogP contribution in [0.2, 0.25) is 0 Å². The van der Waals surface area contributed by atoms with Crippen LogP contribution in [0.1, 0.15) is 38.8 Å². The van der Waals surface area contributed by atoms with E-state index in [0.717, 1.165) is 28.3 Å². The van der Waals surface area contributed by atoms with Crippen LogP contribution in [0, 0.1) is 13.8 Å². The van der Waals surface area contributed by atoms with Gasteiger partial charge in [-0.15, -0.1) is 21.5 Å². The van der Waals surface area contributed by atoms with E-state index in [1.54, 1.807) is 22.4 Å². The van der Waals surface area contributed by atoms with Gasteiger partial charge < -0.3 is 4.90 Å². The van der Waals surface area contributed by atoms with Gasteiger partial charge in [-0.1, -0.05) is 17.8 Å². The van der Waals surface area contributed by atoms with Crippen LogP contribution in [0.15, 0.2) is 35.6 Å². The average molecular weight is 428 g/mol. The molecule has 29 heavy (non-hydrogen) atoms. The lowest BCUT2D eigenvalue weighted by Gasteiger charge is -2.16. The maximum Gasteiger partial charge on any atom is 0.223 e. The van der Waals surface area contributed by atoms with Crippen molar-refractivity contribution in [3.05, 3.63) is 51.6 Å². The van der Waals surface area contributed by atoms with Crippen molar-refractivity contribution in [1.29, 1.82) is 0 Å². The first-order valence-corrected chi connectivity index (χ1v) is 11.2. The van der Waals surface area contributed by atoms with Crippen LogP contribution in [0.25, 0.3) is 5.82 Å². The largest absolute Gasteiger partial charge is 0.335 e. The van der Waals surface area contributed by atoms with Gasteiger partial charge in [-0.2, -0.15) is 0 Å². The second-order valence-electron chi connectivity index (χ2n) is 6.88. The molecule has 0 atom stereocenters. The van der Waals surface area contributed by atoms with Gasteiger partial charge in [0, 0.05) is 34.5 Å². The second-order valence-corrected chi connectivity index (χ2v) is 9.28. The molecule has 0 unspecified atom stereocenters. The Morgan fingerprint density at radius 2 is 2.14 bits per heavy atom. The van der Waals surface area contributed by atoms with Crippen LogP contribution >= 0.6 is 23.1 Å². The predicted molar refractivity (Wildman–Crippen MR) is 113 cm³/mol. The van der Waals surface area contributed by atoms with Crippen LogP contribution in [-0.4, -0.2) is 48.6 Å². The second kappa shape index (κ2) is 8.46. The SMILES string of the molecule is Cc1cc(C(=O)CSc2nnc(CN3CCCC3=O)n2-c2ccccn2)c(C)s1. The summed E-state index contributed by atoms with van der Waals surface area (Å²) in [6.45, 7) is 5.09. The number of aryl methyl sites for hydroxylation is 2. The summed E-state index contributed by atoms with van der Waals surface area (Å²) in [6.07, 6.45) is 3.15. The summed E-state index contributed by atoms with van der Waals surface area (Å²) in [5.74, 6) is 1.80. The zero-order chi connectivity index (χ0) is 20.4. The van der Waals surface area contributed by atoms with Crippen molar-refractivity contribution >= 4 is 34.8 Å². The standard InChI is InChI=1S/C20H21N5O2S2/c1-13-10-15(14(2)29-13)16(26)12-28-20-23-22-18(11-24-9-5-7-19(24)27)25(20)17-6-3-4-8-21-17/h3-4,6,8,10H,5,7,9,11-12H2,1-2H3. The van der Waals surface area contributed by atoms with Gasteiger partial charge in [-0.25, -0.2) is 4.98 Å². The average Bonchev–Trinajstić information content (AvgIpc) is 3.40. The molecule has 7 nitrogen and oxygen atoms in total. The lowest BCUT2D eigenvalue weighted by molar-refractivity contribution is -0.128. The molecule has 4 heterocycles. The first-order chi connectivity index (χ1) is 14.0. The first kappa shape index (κ1) is 19.8. The number of Topliss-reactive ketones (excluding diaryl/α,β-unsaturated/α-hetero) is 1. The van der Waals surface area contributed by atoms with E-state index in [2.05, 4.69) is 15.2 Å². The van der Waals surface area contributed by atoms with Crippen molar-refractivity contribution < 1.29 is 9.59 Å². The summed E-state index contributed by atoms with van der Waals surface area (Å²) in [6, 6.07) is 7.55. The number of amides is 1. The Labute approximate surface area is 177 Å². The molecule has 1 aliphatic rings. The van der Waals surface area contributed by atoms with E-state index in [1.807, 2.05) is 42.7 Å². The molecule has 3 aromatic heterocycles. The van der Waals surface area contributed by atoms with Gasteiger partial charge in [0.05, 0.1) is 12.3 Å². The molecular formula is C20H21N5O2S2. The fourth-order valence-electron chi connectivity index (χ4n) is 3.37. The van der Waals surface area contributed by atoms with Crippen LogP contribution in [0.4, 0.5) is 0 Å². The number of aromatic nitrogens is 4. The third-order valence-corrected chi connectivity index (χ3v) is 6.65. The Hall–Kier alpha value is -2.52. The van der Waals surface area contributed by atoms with Crippen molar-refractivity contribution in [2.24, 2.45) is 0 Å². The highest BCUT2D eigenvalue weighted by Crippen LogP contribution is 2.26. The summed E-state index contributed by atoms with van der Waals surface area (Å²) >= 11 is 2.97. The van der Waals surface area contributed by atoms with Crippen molar-refractivity contribution in [3.63, 3.8) is 0 Å². The van der Waals surface area contributed by atoms with E-state index in [-0.39, 0.29) is 17.4 Å². The normalized spacial score (nSPS) is 14.0. The number of nitrogens with zero attached hydrogens (tertiary/aromatic N) is 5. The van der Waals surface area contributed by atoms with Crippen LogP contribution in [0.3, 0.4) is 0 Å². The molecule has 1 saturated heterocycles. The quantitative estimate of drug-likeness (QED) is 0.424. The maximum absolute atomic E-state index is 12.7. The summed E-state index contributed by atoms with van der Waals surface area (Å²) < 4.78 is 1.84. The molecule has 150 valence electrons. The van der Waals surface area contributed by atoms with E-state index in [1.165, 1.54) is 11.8 Å². The van der Waals surface area contributed by atoms with Gasteiger partial charge in [-0.05, 0) is 38.5 Å². The van der Waals surface area contributed by atoms with Crippen molar-refractivity contribution in [1.82, 2.24) is 24.6 Å². The van der Waals surface area contributed by atoms with Gasteiger partial charge in [0.15, 0.2) is 16.8 Å². The smallest absolute Gasteiger partial charge is 0.223 e. The number of carbonyl (C=O) groups excluding carboxylic acids is 2. The van der Waals surface area contributed by atoms with E-state index >= 15 is 0 Å². The van der Waals surface area contributed by atoms with Gasteiger partial charge >= 0.3 is 0 Å². The lowest BCUT2D eigenvalue weighted by atomic mass is 10.2. The highest BCUT2D eigenvalue weighted by atomic mass is 32.2. The van der Waals surface area contributed by atoms with Crippen molar-refractivity contribution in [3.8, 4) is 5.82 Å². The van der Waals surface area contributed by atoms with Crippen LogP contribution < -0.4 is 0 Å². The number of thioether (sulfide) groups is 1. The number of ketones is 1. The van der Waals surface area contributed by atoms with Gasteiger partial charge in [0.2, 0.25) is 5.91 Å². The maximum atomic E-state index is 12.7. The molecule has 0 saturated carbocycles. The van der Waals surface area contributed by atoms with Crippen molar-refractivity contribution in [2.45, 2.75) is 38.4 Å². The number of hydrogen-bond acceptors (Lipinski definition) is 7. The molecule has 9 heteroatoms. The number of rotatable bonds is 7. The summed E-state index contributed by atoms with van der Waals surface area (Å²) in [7, 11) is 0. The zero-order valence-electron chi connectivity index (χ0n) is 16.3. The molecular weight excluding hydrogens is 406 g/mol. The Morgan fingerprint density at radius 1 is 1.28 bits per heavy atom. The third kappa shape index (κ3) is 4.25. The highest BCUT2D eigenvalue weighted by Gasteiger charge is 2.25. The van der Waals surface area contributed by atoms with Crippen LogP contribution in [-0.2, 0) is 11.3 Å². The molecule has 1 fully saturated rings. The first-order valence-electron chi connectivity index (χ1n) is 9.39. The van der Waals surface area contributed by atoms with E-state index < -0.39 is 0 Å². The Bertz CT molecular complexity index is 1040. The van der Waals surface area contributed by atoms with E-state index in [9.17, 15) is 9.59 Å². The Balaban J connectivity index is 1.58. The van der Waals surface area contributed by atoms with Gasteiger partial charge in [0.1, 0.15) is 5.82 Å². The molecule has 1 aliphatic heterocycles. The molecule has 0 radical (unpaired) electrons. The number of hydrogen-bond donors (Lipinski definition) is 0. The fourth-order valence-corrected chi connectivity index (χ4v) is 5.15. The summed E-state index contributed by atoms with van der Waals surface area (Å²) in [4.78, 5) is 33.1. The molecule has 0 aliphatic carbocycles. The lowest BCUT2D eigenvalue weighted by Crippen LogP contribution is -2.25. The Kier molecular flexibility index (Phi) is 5.77. The molecule has 0 N–H and O–H groups in total. The van der Waals surface area contributed by atoms with Gasteiger partial charge in [0.25, 0.3) is 0 Å². The monoisotopic (exact) mass is 427 g/mol. The number of carbonyl (C=O) groups is 2. The molecule has 1 amide bonds. The van der Waals surface area contributed by atoms with Gasteiger partial charge in [-0.3, -0.25) is 14.2 Å². The Morgan fingerprint density at radius 3 is 2.79 bits per heavy atom. The van der Waals surface area contributed by atoms with Crippen molar-refractivity contribution in [2.75, 3.05) is 12.3 Å². The molecule has 0 spiro atoms. The minimum absolute atomic E-state index is 0.0729. The van der Waals surface area contributed by atoms with E-state index in [0.29, 0.717) is 29.8 Å². The molecule has 4 rings (SSSR count). The molecule has 3 aromatic rings. The summed E-state index contributed by atoms with van der Waals surface area (Å²) in [5.41, 5.74) is 0.770. The fraction of sp³-hybridized carbons (Fsp3) is 0.350. The minimum atomic E-state index is 0.0729. The molecule has 0 bridgehead atoms. The number of pyridine rings is 1. The predicted octanol–water partition coefficient (Wildman–Crippen LogP) is 3.44. The third-order valence-electron chi connectivity index (χ3n) is 4.76. The van der Waals surface area contributed by atoms with Crippen LogP contribution in [0.5, 0.6) is 0 Å². The highest BCUT2D eigenvalue weighted by molar-refractivity contribution is 7.99. The number of likely N-dealkylation sites (tertiary alicyclic amines) is 1. The number of thiophene rings is 1.